The molecule has 1 saturated carbocycles. The van der Waals surface area contributed by atoms with Crippen LogP contribution >= 0.6 is 0 Å². The number of nitrogens with zero attached hydrogens (tertiary/aromatic N) is 2. The Morgan fingerprint density at radius 3 is 2.67 bits per heavy atom. The molecular formula is C20H26N2O4S. The fraction of sp³-hybridized carbons (Fsp3) is 0.650. The fourth-order valence-electron chi connectivity index (χ4n) is 5.15. The molecule has 146 valence electrons. The molecule has 0 amide bonds. The Labute approximate surface area is 160 Å². The van der Waals surface area contributed by atoms with Crippen LogP contribution in [-0.4, -0.2) is 56.8 Å². The molecule has 1 aliphatic carbocycles. The van der Waals surface area contributed by atoms with E-state index in [1.165, 1.54) is 0 Å². The van der Waals surface area contributed by atoms with Crippen molar-refractivity contribution in [2.75, 3.05) is 25.5 Å². The zero-order chi connectivity index (χ0) is 18.5. The van der Waals surface area contributed by atoms with Crippen LogP contribution in [0.25, 0.3) is 0 Å². The van der Waals surface area contributed by atoms with Crippen molar-refractivity contribution in [1.82, 2.24) is 4.90 Å². The third-order valence-electron chi connectivity index (χ3n) is 6.63. The van der Waals surface area contributed by atoms with Crippen molar-refractivity contribution in [3.05, 3.63) is 29.8 Å². The second-order valence-electron chi connectivity index (χ2n) is 8.18. The second kappa shape index (κ2) is 6.48. The maximum atomic E-state index is 12.2. The van der Waals surface area contributed by atoms with Gasteiger partial charge in [-0.3, -0.25) is 0 Å². The summed E-state index contributed by atoms with van der Waals surface area (Å²) in [5.41, 5.74) is 0.890. The number of ether oxygens (including phenoxy) is 2. The topological polar surface area (TPSA) is 68.2 Å². The van der Waals surface area contributed by atoms with Gasteiger partial charge in [0.1, 0.15) is 18.2 Å². The number of benzene rings is 1. The monoisotopic (exact) mass is 390 g/mol. The molecule has 0 N–H and O–H groups in total. The molecular weight excluding hydrogens is 364 g/mol. The molecule has 0 radical (unpaired) electrons. The Bertz CT molecular complexity index is 835. The summed E-state index contributed by atoms with van der Waals surface area (Å²) in [6.45, 7) is 2.00. The summed E-state index contributed by atoms with van der Waals surface area (Å²) in [5.74, 6) is 1.76. The zero-order valence-electron chi connectivity index (χ0n) is 15.5. The van der Waals surface area contributed by atoms with Gasteiger partial charge in [0.15, 0.2) is 0 Å². The van der Waals surface area contributed by atoms with E-state index in [0.29, 0.717) is 19.2 Å². The van der Waals surface area contributed by atoms with Crippen LogP contribution in [0, 0.1) is 0 Å². The predicted molar refractivity (Wildman–Crippen MR) is 103 cm³/mol. The number of rotatable bonds is 4. The van der Waals surface area contributed by atoms with Crippen molar-refractivity contribution >= 4 is 15.9 Å². The first-order chi connectivity index (χ1) is 13.1. The maximum absolute atomic E-state index is 12.2. The van der Waals surface area contributed by atoms with Gasteiger partial charge in [-0.15, -0.1) is 4.40 Å². The van der Waals surface area contributed by atoms with Crippen molar-refractivity contribution in [3.8, 4) is 5.75 Å². The molecule has 4 aliphatic heterocycles. The molecule has 4 heterocycles. The molecule has 1 unspecified atom stereocenters. The maximum Gasteiger partial charge on any atom is 0.256 e. The number of hydrogen-bond acceptors (Lipinski definition) is 5. The first kappa shape index (κ1) is 17.5. The molecule has 3 saturated heterocycles. The van der Waals surface area contributed by atoms with Crippen LogP contribution in [0.15, 0.2) is 28.7 Å². The van der Waals surface area contributed by atoms with Gasteiger partial charge in [-0.05, 0) is 56.2 Å². The van der Waals surface area contributed by atoms with Gasteiger partial charge in [-0.25, -0.2) is 8.42 Å². The summed E-state index contributed by atoms with van der Waals surface area (Å²) < 4.78 is 40.1. The molecule has 1 aromatic carbocycles. The molecule has 1 aromatic rings. The predicted octanol–water partition coefficient (Wildman–Crippen LogP) is 2.48. The van der Waals surface area contributed by atoms with Gasteiger partial charge >= 0.3 is 0 Å². The van der Waals surface area contributed by atoms with Crippen molar-refractivity contribution in [2.24, 2.45) is 4.40 Å². The normalized spacial score (nSPS) is 34.2. The van der Waals surface area contributed by atoms with E-state index in [0.717, 1.165) is 62.3 Å². The van der Waals surface area contributed by atoms with Crippen LogP contribution < -0.4 is 4.74 Å². The smallest absolute Gasteiger partial charge is 0.256 e. The van der Waals surface area contributed by atoms with Crippen molar-refractivity contribution in [1.29, 1.82) is 0 Å². The van der Waals surface area contributed by atoms with Crippen LogP contribution in [0.5, 0.6) is 5.75 Å². The lowest BCUT2D eigenvalue weighted by Crippen LogP contribution is -2.62. The third-order valence-corrected chi connectivity index (χ3v) is 7.78. The largest absolute Gasteiger partial charge is 0.491 e. The summed E-state index contributed by atoms with van der Waals surface area (Å²) in [6, 6.07) is 8.65. The number of amidine groups is 1. The van der Waals surface area contributed by atoms with E-state index in [9.17, 15) is 8.42 Å². The van der Waals surface area contributed by atoms with E-state index in [-0.39, 0.29) is 17.3 Å². The van der Waals surface area contributed by atoms with Crippen LogP contribution in [0.4, 0.5) is 0 Å². The minimum absolute atomic E-state index is 0.138. The Morgan fingerprint density at radius 1 is 1.19 bits per heavy atom. The van der Waals surface area contributed by atoms with E-state index >= 15 is 0 Å². The summed E-state index contributed by atoms with van der Waals surface area (Å²) >= 11 is 0. The third kappa shape index (κ3) is 3.05. The van der Waals surface area contributed by atoms with E-state index in [4.69, 9.17) is 9.47 Å². The van der Waals surface area contributed by atoms with E-state index in [1.807, 2.05) is 12.1 Å². The number of fused-ring (bicyclic) bond motifs is 2. The van der Waals surface area contributed by atoms with Crippen LogP contribution in [0.3, 0.4) is 0 Å². The molecule has 27 heavy (non-hydrogen) atoms. The van der Waals surface area contributed by atoms with Gasteiger partial charge in [0, 0.05) is 19.2 Å². The molecule has 2 bridgehead atoms. The first-order valence-corrected chi connectivity index (χ1v) is 11.6. The highest BCUT2D eigenvalue weighted by Crippen LogP contribution is 2.49. The van der Waals surface area contributed by atoms with Crippen LogP contribution in [0.2, 0.25) is 0 Å². The molecule has 7 heteroatoms. The fourth-order valence-corrected chi connectivity index (χ4v) is 6.21. The van der Waals surface area contributed by atoms with Gasteiger partial charge in [0.25, 0.3) is 10.0 Å². The van der Waals surface area contributed by atoms with Gasteiger partial charge in [-0.2, -0.15) is 0 Å². The summed E-state index contributed by atoms with van der Waals surface area (Å²) in [7, 11) is -3.34. The standard InChI is InChI=1S/C20H26N2O4S/c23-27(24)13-11-22-16-7-9-20(10-8-16,19(22)21-27)15-3-5-17(6-4-15)26-14-18-2-1-12-25-18/h3-6,16,18H,1-2,7-14H2. The average molecular weight is 391 g/mol. The van der Waals surface area contributed by atoms with E-state index < -0.39 is 10.0 Å². The van der Waals surface area contributed by atoms with Gasteiger partial charge in [-0.1, -0.05) is 12.1 Å². The molecule has 5 aliphatic rings. The highest BCUT2D eigenvalue weighted by Gasteiger charge is 2.52. The summed E-state index contributed by atoms with van der Waals surface area (Å²) in [6.07, 6.45) is 6.53. The Morgan fingerprint density at radius 2 is 1.96 bits per heavy atom. The van der Waals surface area contributed by atoms with Gasteiger partial charge in [0.05, 0.1) is 17.3 Å². The Kier molecular flexibility index (Phi) is 4.20. The minimum Gasteiger partial charge on any atom is -0.491 e. The quantitative estimate of drug-likeness (QED) is 0.790. The molecule has 6 nitrogen and oxygen atoms in total. The Balaban J connectivity index is 1.41. The van der Waals surface area contributed by atoms with Crippen LogP contribution in [-0.2, 0) is 20.2 Å². The molecule has 1 atom stereocenters. The first-order valence-electron chi connectivity index (χ1n) is 10.0. The summed E-state index contributed by atoms with van der Waals surface area (Å²) in [5, 5.41) is 0. The minimum atomic E-state index is -3.34. The highest BCUT2D eigenvalue weighted by molar-refractivity contribution is 7.90. The van der Waals surface area contributed by atoms with Gasteiger partial charge in [0.2, 0.25) is 0 Å². The average Bonchev–Trinajstić information content (AvgIpc) is 3.20. The number of piperidine rings is 2. The van der Waals surface area contributed by atoms with Crippen molar-refractivity contribution < 1.29 is 17.9 Å². The van der Waals surface area contributed by atoms with Crippen LogP contribution in [0.1, 0.15) is 44.1 Å². The van der Waals surface area contributed by atoms with E-state index in [2.05, 4.69) is 21.4 Å². The van der Waals surface area contributed by atoms with E-state index in [1.54, 1.807) is 0 Å². The lowest BCUT2D eigenvalue weighted by Gasteiger charge is -2.55. The SMILES string of the molecule is O=S1(=O)CCN2C(=N1)C1(c3ccc(OCC4CCCO4)cc3)CCC2CC1. The molecule has 6 rings (SSSR count). The number of hydrogen-bond donors (Lipinski definition) is 0. The van der Waals surface area contributed by atoms with Crippen molar-refractivity contribution in [2.45, 2.75) is 56.1 Å². The molecule has 0 spiro atoms. The molecule has 4 fully saturated rings. The molecule has 0 aromatic heterocycles. The summed E-state index contributed by atoms with van der Waals surface area (Å²) in [4.78, 5) is 2.26. The Hall–Kier alpha value is -1.60. The lowest BCUT2D eigenvalue weighted by molar-refractivity contribution is 0.0679. The number of sulfonamides is 1. The van der Waals surface area contributed by atoms with Crippen molar-refractivity contribution in [3.63, 3.8) is 0 Å². The lowest BCUT2D eigenvalue weighted by atomic mass is 9.63. The zero-order valence-corrected chi connectivity index (χ0v) is 16.3. The van der Waals surface area contributed by atoms with Gasteiger partial charge < -0.3 is 14.4 Å². The highest BCUT2D eigenvalue weighted by atomic mass is 32.2. The second-order valence-corrected chi connectivity index (χ2v) is 9.93.